The van der Waals surface area contributed by atoms with Gasteiger partial charge in [-0.25, -0.2) is 9.59 Å². The second kappa shape index (κ2) is 2.87. The van der Waals surface area contributed by atoms with Crippen LogP contribution in [0, 0.1) is 0 Å². The van der Waals surface area contributed by atoms with Gasteiger partial charge in [-0.15, -0.1) is 0 Å². The van der Waals surface area contributed by atoms with E-state index in [2.05, 4.69) is 0 Å². The van der Waals surface area contributed by atoms with E-state index < -0.39 is 23.2 Å². The van der Waals surface area contributed by atoms with E-state index in [0.29, 0.717) is 0 Å². The highest BCUT2D eigenvalue weighted by Crippen LogP contribution is 2.28. The zero-order valence-electron chi connectivity index (χ0n) is 8.83. The summed E-state index contributed by atoms with van der Waals surface area (Å²) in [6, 6.07) is 0. The number of nitrogens with zero attached hydrogens (tertiary/aromatic N) is 1. The quantitative estimate of drug-likeness (QED) is 0.689. The first-order valence-electron chi connectivity index (χ1n) is 4.41. The number of rotatable bonds is 1. The Labute approximate surface area is 82.6 Å². The molecule has 1 atom stereocenters. The fraction of sp³-hybridized carbons (Fsp3) is 0.778. The number of cyclic esters (lactones) is 1. The summed E-state index contributed by atoms with van der Waals surface area (Å²) >= 11 is 0. The first kappa shape index (κ1) is 10.8. The third-order valence-corrected chi connectivity index (χ3v) is 2.25. The number of carbonyl (C=O) groups is 2. The van der Waals surface area contributed by atoms with Crippen LogP contribution in [-0.2, 0) is 9.53 Å². The number of amides is 1. The number of carboxylic acids is 1. The van der Waals surface area contributed by atoms with Gasteiger partial charge in [-0.05, 0) is 27.7 Å². The molecule has 1 aliphatic heterocycles. The van der Waals surface area contributed by atoms with Crippen molar-refractivity contribution in [3.63, 3.8) is 0 Å². The van der Waals surface area contributed by atoms with Gasteiger partial charge in [0, 0.05) is 5.54 Å². The monoisotopic (exact) mass is 201 g/mol. The van der Waals surface area contributed by atoms with Crippen LogP contribution in [0.4, 0.5) is 4.79 Å². The van der Waals surface area contributed by atoms with E-state index >= 15 is 0 Å². The van der Waals surface area contributed by atoms with Crippen molar-refractivity contribution in [1.29, 1.82) is 0 Å². The van der Waals surface area contributed by atoms with Crippen LogP contribution in [0.2, 0.25) is 0 Å². The molecule has 0 aromatic rings. The highest BCUT2D eigenvalue weighted by molar-refractivity contribution is 5.85. The van der Waals surface area contributed by atoms with Gasteiger partial charge in [0.05, 0.1) is 6.54 Å². The molecule has 1 saturated heterocycles. The van der Waals surface area contributed by atoms with Gasteiger partial charge in [-0.2, -0.15) is 0 Å². The van der Waals surface area contributed by atoms with E-state index in [-0.39, 0.29) is 6.54 Å². The van der Waals surface area contributed by atoms with Crippen molar-refractivity contribution in [3.8, 4) is 0 Å². The molecule has 1 unspecified atom stereocenters. The highest BCUT2D eigenvalue weighted by Gasteiger charge is 2.50. The minimum atomic E-state index is -1.41. The van der Waals surface area contributed by atoms with Gasteiger partial charge in [0.2, 0.25) is 5.60 Å². The lowest BCUT2D eigenvalue weighted by Gasteiger charge is -2.29. The number of ether oxygens (including phenoxy) is 1. The first-order valence-corrected chi connectivity index (χ1v) is 4.41. The Balaban J connectivity index is 2.90. The van der Waals surface area contributed by atoms with Crippen LogP contribution in [0.3, 0.4) is 0 Å². The van der Waals surface area contributed by atoms with Crippen LogP contribution in [0.25, 0.3) is 0 Å². The molecule has 1 fully saturated rings. The molecule has 1 rings (SSSR count). The molecular formula is C9H15NO4. The average Bonchev–Trinajstić information content (AvgIpc) is 2.26. The Morgan fingerprint density at radius 3 is 2.29 bits per heavy atom. The molecule has 14 heavy (non-hydrogen) atoms. The van der Waals surface area contributed by atoms with Crippen LogP contribution in [0.15, 0.2) is 0 Å². The molecule has 0 aromatic carbocycles. The summed E-state index contributed by atoms with van der Waals surface area (Å²) in [5.74, 6) is -1.11. The molecule has 1 aliphatic rings. The van der Waals surface area contributed by atoms with Crippen LogP contribution in [-0.4, -0.2) is 39.8 Å². The largest absolute Gasteiger partial charge is 0.478 e. The third kappa shape index (κ3) is 1.66. The second-order valence-electron chi connectivity index (χ2n) is 4.66. The zero-order valence-corrected chi connectivity index (χ0v) is 8.83. The third-order valence-electron chi connectivity index (χ3n) is 2.25. The molecule has 5 nitrogen and oxygen atoms in total. The summed E-state index contributed by atoms with van der Waals surface area (Å²) < 4.78 is 4.84. The van der Waals surface area contributed by atoms with Gasteiger partial charge in [0.1, 0.15) is 0 Å². The van der Waals surface area contributed by atoms with Gasteiger partial charge in [0.15, 0.2) is 0 Å². The Kier molecular flexibility index (Phi) is 2.21. The Bertz CT molecular complexity index is 281. The molecule has 0 bridgehead atoms. The van der Waals surface area contributed by atoms with Gasteiger partial charge in [0.25, 0.3) is 0 Å². The minimum Gasteiger partial charge on any atom is -0.478 e. The fourth-order valence-electron chi connectivity index (χ4n) is 1.27. The fourth-order valence-corrected chi connectivity index (χ4v) is 1.27. The standard InChI is InChI=1S/C9H15NO4/c1-8(2,3)10-5-9(4,6(11)12)14-7(10)13/h5H2,1-4H3,(H,11,12). The minimum absolute atomic E-state index is 0.0880. The van der Waals surface area contributed by atoms with E-state index in [1.165, 1.54) is 11.8 Å². The number of carbonyl (C=O) groups excluding carboxylic acids is 1. The number of hydrogen-bond donors (Lipinski definition) is 1. The maximum absolute atomic E-state index is 11.4. The summed E-state index contributed by atoms with van der Waals surface area (Å²) in [5, 5.41) is 8.87. The maximum atomic E-state index is 11.4. The predicted octanol–water partition coefficient (Wildman–Crippen LogP) is 1.08. The second-order valence-corrected chi connectivity index (χ2v) is 4.66. The van der Waals surface area contributed by atoms with Gasteiger partial charge < -0.3 is 9.84 Å². The number of hydrogen-bond acceptors (Lipinski definition) is 3. The summed E-state index contributed by atoms with van der Waals surface area (Å²) in [7, 11) is 0. The summed E-state index contributed by atoms with van der Waals surface area (Å²) in [6.07, 6.45) is -0.567. The van der Waals surface area contributed by atoms with E-state index in [4.69, 9.17) is 9.84 Å². The topological polar surface area (TPSA) is 66.8 Å². The Hall–Kier alpha value is -1.26. The molecule has 1 heterocycles. The van der Waals surface area contributed by atoms with E-state index in [1.807, 2.05) is 20.8 Å². The van der Waals surface area contributed by atoms with Gasteiger partial charge in [-0.1, -0.05) is 0 Å². The smallest absolute Gasteiger partial charge is 0.411 e. The van der Waals surface area contributed by atoms with Crippen LogP contribution in [0.1, 0.15) is 27.7 Å². The van der Waals surface area contributed by atoms with E-state index in [0.717, 1.165) is 0 Å². The number of aliphatic carboxylic acids is 1. The normalized spacial score (nSPS) is 27.7. The molecule has 0 radical (unpaired) electrons. The Morgan fingerprint density at radius 1 is 1.57 bits per heavy atom. The van der Waals surface area contributed by atoms with Crippen molar-refractivity contribution < 1.29 is 19.4 Å². The summed E-state index contributed by atoms with van der Waals surface area (Å²) in [4.78, 5) is 23.6. The lowest BCUT2D eigenvalue weighted by Crippen LogP contribution is -2.45. The lowest BCUT2D eigenvalue weighted by atomic mass is 10.0. The average molecular weight is 201 g/mol. The van der Waals surface area contributed by atoms with Gasteiger partial charge in [-0.3, -0.25) is 4.90 Å². The molecule has 0 aromatic heterocycles. The van der Waals surface area contributed by atoms with Gasteiger partial charge >= 0.3 is 12.1 Å². The maximum Gasteiger partial charge on any atom is 0.411 e. The molecular weight excluding hydrogens is 186 g/mol. The van der Waals surface area contributed by atoms with Crippen molar-refractivity contribution in [3.05, 3.63) is 0 Å². The lowest BCUT2D eigenvalue weighted by molar-refractivity contribution is -0.153. The van der Waals surface area contributed by atoms with Crippen molar-refractivity contribution in [2.45, 2.75) is 38.8 Å². The first-order chi connectivity index (χ1) is 6.17. The van der Waals surface area contributed by atoms with Crippen molar-refractivity contribution in [1.82, 2.24) is 4.90 Å². The molecule has 1 amide bonds. The predicted molar refractivity (Wildman–Crippen MR) is 49.0 cm³/mol. The molecule has 0 saturated carbocycles. The van der Waals surface area contributed by atoms with Crippen LogP contribution >= 0.6 is 0 Å². The Morgan fingerprint density at radius 2 is 2.07 bits per heavy atom. The molecule has 80 valence electrons. The molecule has 5 heteroatoms. The zero-order chi connectivity index (χ0) is 11.1. The molecule has 0 spiro atoms. The van der Waals surface area contributed by atoms with E-state index in [1.54, 1.807) is 0 Å². The van der Waals surface area contributed by atoms with Crippen molar-refractivity contribution >= 4 is 12.1 Å². The van der Waals surface area contributed by atoms with Crippen LogP contribution in [0.5, 0.6) is 0 Å². The van der Waals surface area contributed by atoms with Crippen molar-refractivity contribution in [2.75, 3.05) is 6.54 Å². The SMILES string of the molecule is CC1(C(=O)O)CN(C(C)(C)C)C(=O)O1. The van der Waals surface area contributed by atoms with Crippen LogP contribution < -0.4 is 0 Å². The molecule has 1 N–H and O–H groups in total. The number of carboxylic acid groups (broad SMARTS) is 1. The summed E-state index contributed by atoms with van der Waals surface area (Å²) in [6.45, 7) is 7.00. The van der Waals surface area contributed by atoms with E-state index in [9.17, 15) is 9.59 Å². The summed E-state index contributed by atoms with van der Waals surface area (Å²) in [5.41, 5.74) is -1.82. The van der Waals surface area contributed by atoms with Crippen molar-refractivity contribution in [2.24, 2.45) is 0 Å². The highest BCUT2D eigenvalue weighted by atomic mass is 16.6. The molecule has 0 aliphatic carbocycles.